The first kappa shape index (κ1) is 28.4. The van der Waals surface area contributed by atoms with Crippen molar-refractivity contribution in [3.63, 3.8) is 0 Å². The number of amides is 1. The Kier molecular flexibility index (Phi) is 8.00. The van der Waals surface area contributed by atoms with E-state index < -0.39 is 5.60 Å². The van der Waals surface area contributed by atoms with Crippen LogP contribution in [0.4, 0.5) is 15.7 Å². The second kappa shape index (κ2) is 11.8. The number of hydrogen-bond acceptors (Lipinski definition) is 11. The number of nitrogens with one attached hydrogen (secondary N) is 1. The zero-order valence-electron chi connectivity index (χ0n) is 24.0. The van der Waals surface area contributed by atoms with Crippen LogP contribution in [-0.2, 0) is 4.74 Å². The second-order valence-electron chi connectivity index (χ2n) is 11.5. The van der Waals surface area contributed by atoms with E-state index in [1.54, 1.807) is 18.6 Å². The average Bonchev–Trinajstić information content (AvgIpc) is 3.52. The number of carbonyl (C=O) groups excluding carboxylic acids is 1. The van der Waals surface area contributed by atoms with Gasteiger partial charge in [-0.05, 0) is 77.6 Å². The van der Waals surface area contributed by atoms with E-state index in [9.17, 15) is 4.79 Å². The van der Waals surface area contributed by atoms with Crippen molar-refractivity contribution < 1.29 is 14.3 Å². The van der Waals surface area contributed by atoms with Crippen molar-refractivity contribution in [1.29, 1.82) is 0 Å². The molecule has 0 saturated carbocycles. The molecule has 1 N–H and O–H groups in total. The smallest absolute Gasteiger partial charge is 0.410 e. The van der Waals surface area contributed by atoms with E-state index in [1.165, 1.54) is 23.3 Å². The number of anilines is 2. The van der Waals surface area contributed by atoms with Gasteiger partial charge in [0.1, 0.15) is 22.2 Å². The fourth-order valence-corrected chi connectivity index (χ4v) is 6.85. The first-order chi connectivity index (χ1) is 20.2. The Morgan fingerprint density at radius 2 is 1.83 bits per heavy atom. The quantitative estimate of drug-likeness (QED) is 0.230. The summed E-state index contributed by atoms with van der Waals surface area (Å²) in [4.78, 5) is 34.0. The fraction of sp³-hybridized carbons (Fsp3) is 0.400. The minimum absolute atomic E-state index is 0.150. The van der Waals surface area contributed by atoms with Gasteiger partial charge >= 0.3 is 6.09 Å². The zero-order chi connectivity index (χ0) is 29.3. The lowest BCUT2D eigenvalue weighted by Gasteiger charge is -2.38. The topological polar surface area (TPSA) is 115 Å². The number of hydrogen-bond donors (Lipinski definition) is 1. The normalized spacial score (nSPS) is 19.9. The highest BCUT2D eigenvalue weighted by Crippen LogP contribution is 2.44. The Hall–Kier alpha value is -3.77. The van der Waals surface area contributed by atoms with Crippen LogP contribution in [0.1, 0.15) is 63.9 Å². The standard InChI is InChI=1S/C30H33N7O3S2/c1-18-23(8-7-13-31-18)39-24-16-22(41-25-9-5-6-12-32-25)17-33-27(24)35-28-34-26(36-42-28)19-14-20-10-11-21(15-19)37(20)29(38)40-30(2,3)4/h5-9,12-13,16-17,19-21H,10-11,14-15H2,1-4H3,(H,33,34,35,36). The molecular weight excluding hydrogens is 571 g/mol. The molecule has 2 fully saturated rings. The number of ether oxygens (including phenoxy) is 2. The summed E-state index contributed by atoms with van der Waals surface area (Å²) in [5, 5.41) is 4.83. The van der Waals surface area contributed by atoms with Crippen molar-refractivity contribution in [2.45, 2.75) is 86.9 Å². The van der Waals surface area contributed by atoms with Gasteiger partial charge in [-0.15, -0.1) is 0 Å². The molecule has 0 radical (unpaired) electrons. The van der Waals surface area contributed by atoms with E-state index in [0.29, 0.717) is 22.4 Å². The molecule has 12 heteroatoms. The first-order valence-electron chi connectivity index (χ1n) is 14.0. The van der Waals surface area contributed by atoms with Gasteiger partial charge in [0.05, 0.1) is 5.69 Å². The average molecular weight is 604 g/mol. The summed E-state index contributed by atoms with van der Waals surface area (Å²) >= 11 is 2.81. The highest BCUT2D eigenvalue weighted by Gasteiger charge is 2.46. The van der Waals surface area contributed by atoms with Crippen LogP contribution in [0.15, 0.2) is 64.9 Å². The number of nitrogens with zero attached hydrogens (tertiary/aromatic N) is 6. The van der Waals surface area contributed by atoms with Crippen molar-refractivity contribution in [2.75, 3.05) is 5.32 Å². The minimum atomic E-state index is -0.508. The van der Waals surface area contributed by atoms with Crippen LogP contribution in [0.25, 0.3) is 0 Å². The van der Waals surface area contributed by atoms with Gasteiger partial charge in [0.25, 0.3) is 0 Å². The number of pyridine rings is 3. The van der Waals surface area contributed by atoms with Crippen LogP contribution in [0.2, 0.25) is 0 Å². The van der Waals surface area contributed by atoms with Gasteiger partial charge in [0.2, 0.25) is 5.13 Å². The lowest BCUT2D eigenvalue weighted by atomic mass is 9.90. The van der Waals surface area contributed by atoms with Crippen LogP contribution in [-0.4, -0.2) is 53.0 Å². The molecule has 10 nitrogen and oxygen atoms in total. The fourth-order valence-electron chi connectivity index (χ4n) is 5.43. The molecule has 2 atom stereocenters. The van der Waals surface area contributed by atoms with Crippen LogP contribution in [0, 0.1) is 6.92 Å². The predicted octanol–water partition coefficient (Wildman–Crippen LogP) is 7.36. The SMILES string of the molecule is Cc1ncccc1Oc1cc(Sc2ccccn2)cnc1Nc1nc(C2CC3CCC(C2)N3C(=O)OC(C)(C)C)ns1. The maximum absolute atomic E-state index is 12.9. The zero-order valence-corrected chi connectivity index (χ0v) is 25.6. The molecule has 4 aromatic rings. The van der Waals surface area contributed by atoms with Crippen LogP contribution in [0.5, 0.6) is 11.5 Å². The Bertz CT molecular complexity index is 1550. The maximum atomic E-state index is 12.9. The maximum Gasteiger partial charge on any atom is 0.410 e. The number of fused-ring (bicyclic) bond motifs is 2. The molecule has 0 aliphatic carbocycles. The molecule has 0 spiro atoms. The Morgan fingerprint density at radius 1 is 1.05 bits per heavy atom. The number of aromatic nitrogens is 5. The minimum Gasteiger partial charge on any atom is -0.452 e. The molecule has 0 aromatic carbocycles. The van der Waals surface area contributed by atoms with E-state index in [4.69, 9.17) is 18.8 Å². The van der Waals surface area contributed by atoms with E-state index in [2.05, 4.69) is 20.3 Å². The van der Waals surface area contributed by atoms with E-state index in [0.717, 1.165) is 47.1 Å². The first-order valence-corrected chi connectivity index (χ1v) is 15.6. The second-order valence-corrected chi connectivity index (χ2v) is 13.3. The molecule has 1 amide bonds. The monoisotopic (exact) mass is 603 g/mol. The van der Waals surface area contributed by atoms with E-state index in [-0.39, 0.29) is 24.1 Å². The van der Waals surface area contributed by atoms with Crippen LogP contribution in [0.3, 0.4) is 0 Å². The van der Waals surface area contributed by atoms with Gasteiger partial charge in [0.15, 0.2) is 11.6 Å². The summed E-state index contributed by atoms with van der Waals surface area (Å²) in [7, 11) is 0. The van der Waals surface area contributed by atoms with Gasteiger partial charge in [-0.3, -0.25) is 4.98 Å². The molecule has 2 unspecified atom stereocenters. The summed E-state index contributed by atoms with van der Waals surface area (Å²) in [5.41, 5.74) is 0.267. The molecule has 218 valence electrons. The largest absolute Gasteiger partial charge is 0.452 e. The molecule has 2 aliphatic heterocycles. The van der Waals surface area contributed by atoms with Crippen LogP contribution < -0.4 is 10.1 Å². The van der Waals surface area contributed by atoms with E-state index >= 15 is 0 Å². The van der Waals surface area contributed by atoms with Gasteiger partial charge in [0, 0.05) is 59.1 Å². The highest BCUT2D eigenvalue weighted by atomic mass is 32.2. The number of piperidine rings is 1. The van der Waals surface area contributed by atoms with Gasteiger partial charge < -0.3 is 19.7 Å². The third-order valence-corrected chi connectivity index (χ3v) is 8.79. The van der Waals surface area contributed by atoms with Crippen LogP contribution >= 0.6 is 23.3 Å². The van der Waals surface area contributed by atoms with Crippen molar-refractivity contribution >= 4 is 40.3 Å². The molecular formula is C30H33N7O3S2. The highest BCUT2D eigenvalue weighted by molar-refractivity contribution is 7.99. The Balaban J connectivity index is 1.19. The third-order valence-electron chi connectivity index (χ3n) is 7.24. The third kappa shape index (κ3) is 6.49. The summed E-state index contributed by atoms with van der Waals surface area (Å²) in [6, 6.07) is 11.8. The van der Waals surface area contributed by atoms with Crippen molar-refractivity contribution in [2.24, 2.45) is 0 Å². The molecule has 6 rings (SSSR count). The van der Waals surface area contributed by atoms with E-state index in [1.807, 2.05) is 69.0 Å². The van der Waals surface area contributed by atoms with Crippen molar-refractivity contribution in [3.8, 4) is 11.5 Å². The Morgan fingerprint density at radius 3 is 2.55 bits per heavy atom. The Labute approximate surface area is 253 Å². The van der Waals surface area contributed by atoms with Gasteiger partial charge in [-0.1, -0.05) is 17.8 Å². The molecule has 2 saturated heterocycles. The summed E-state index contributed by atoms with van der Waals surface area (Å²) in [6.45, 7) is 7.62. The lowest BCUT2D eigenvalue weighted by molar-refractivity contribution is 0.00558. The number of rotatable bonds is 7. The molecule has 6 heterocycles. The summed E-state index contributed by atoms with van der Waals surface area (Å²) in [6.07, 6.45) is 8.71. The molecule has 42 heavy (non-hydrogen) atoms. The van der Waals surface area contributed by atoms with Crippen molar-refractivity contribution in [3.05, 3.63) is 66.5 Å². The van der Waals surface area contributed by atoms with Crippen molar-refractivity contribution in [1.82, 2.24) is 29.2 Å². The van der Waals surface area contributed by atoms with Gasteiger partial charge in [-0.25, -0.2) is 19.7 Å². The number of carbonyl (C=O) groups is 1. The summed E-state index contributed by atoms with van der Waals surface area (Å²) in [5.74, 6) is 2.72. The molecule has 2 aliphatic rings. The predicted molar refractivity (Wildman–Crippen MR) is 162 cm³/mol. The van der Waals surface area contributed by atoms with Gasteiger partial charge in [-0.2, -0.15) is 4.37 Å². The lowest BCUT2D eigenvalue weighted by Crippen LogP contribution is -2.48. The molecule has 4 aromatic heterocycles. The molecule has 2 bridgehead atoms. The number of aryl methyl sites for hydroxylation is 1. The summed E-state index contributed by atoms with van der Waals surface area (Å²) < 4.78 is 16.7.